The van der Waals surface area contributed by atoms with Gasteiger partial charge in [-0.2, -0.15) is 0 Å². The molecule has 0 amide bonds. The lowest BCUT2D eigenvalue weighted by Crippen LogP contribution is -2.05. The fourth-order valence-corrected chi connectivity index (χ4v) is 1.21. The van der Waals surface area contributed by atoms with Crippen LogP contribution in [0.2, 0.25) is 0 Å². The molecule has 0 fully saturated rings. The van der Waals surface area contributed by atoms with Crippen molar-refractivity contribution in [1.29, 1.82) is 0 Å². The molecular formula is C12H13FO2. The molecule has 0 aromatic heterocycles. The van der Waals surface area contributed by atoms with E-state index in [2.05, 4.69) is 6.58 Å². The number of ether oxygens (including phenoxy) is 1. The van der Waals surface area contributed by atoms with Crippen molar-refractivity contribution in [2.75, 3.05) is 6.61 Å². The average molecular weight is 208 g/mol. The highest BCUT2D eigenvalue weighted by Crippen LogP contribution is 2.12. The Morgan fingerprint density at radius 2 is 2.33 bits per heavy atom. The zero-order valence-corrected chi connectivity index (χ0v) is 8.63. The molecule has 3 heteroatoms. The quantitative estimate of drug-likeness (QED) is 0.561. The van der Waals surface area contributed by atoms with Crippen LogP contribution in [0.4, 0.5) is 4.39 Å². The summed E-state index contributed by atoms with van der Waals surface area (Å²) in [6.07, 6.45) is 2.07. The lowest BCUT2D eigenvalue weighted by atomic mass is 10.1. The van der Waals surface area contributed by atoms with E-state index in [4.69, 9.17) is 4.74 Å². The fourth-order valence-electron chi connectivity index (χ4n) is 1.21. The molecule has 2 nitrogen and oxygen atoms in total. The van der Waals surface area contributed by atoms with Crippen molar-refractivity contribution in [2.45, 2.75) is 13.3 Å². The van der Waals surface area contributed by atoms with Crippen LogP contribution >= 0.6 is 0 Å². The smallest absolute Gasteiger partial charge is 0.338 e. The number of esters is 1. The zero-order valence-electron chi connectivity index (χ0n) is 8.63. The third-order valence-electron chi connectivity index (χ3n) is 1.93. The van der Waals surface area contributed by atoms with Gasteiger partial charge in [0.15, 0.2) is 0 Å². The molecule has 0 saturated carbocycles. The van der Waals surface area contributed by atoms with E-state index in [9.17, 15) is 9.18 Å². The highest BCUT2D eigenvalue weighted by Gasteiger charge is 2.09. The molecule has 0 aliphatic heterocycles. The number of benzene rings is 1. The number of hydrogen-bond donors (Lipinski definition) is 0. The number of carbonyl (C=O) groups excluding carboxylic acids is 1. The molecule has 0 aliphatic rings. The SMILES string of the molecule is C=CCc1ccc(C(=O)OCC)cc1F. The minimum Gasteiger partial charge on any atom is -0.462 e. The van der Waals surface area contributed by atoms with Gasteiger partial charge in [-0.15, -0.1) is 6.58 Å². The monoisotopic (exact) mass is 208 g/mol. The third kappa shape index (κ3) is 2.91. The molecule has 0 saturated heterocycles. The van der Waals surface area contributed by atoms with Gasteiger partial charge in [0, 0.05) is 0 Å². The molecule has 0 bridgehead atoms. The summed E-state index contributed by atoms with van der Waals surface area (Å²) in [6.45, 7) is 5.52. The Morgan fingerprint density at radius 1 is 1.60 bits per heavy atom. The van der Waals surface area contributed by atoms with E-state index in [-0.39, 0.29) is 12.2 Å². The summed E-state index contributed by atoms with van der Waals surface area (Å²) in [5.74, 6) is -0.901. The Kier molecular flexibility index (Phi) is 4.03. The molecule has 0 unspecified atom stereocenters. The van der Waals surface area contributed by atoms with Crippen LogP contribution in [0.25, 0.3) is 0 Å². The lowest BCUT2D eigenvalue weighted by molar-refractivity contribution is 0.0526. The Morgan fingerprint density at radius 3 is 2.87 bits per heavy atom. The molecule has 0 N–H and O–H groups in total. The molecule has 0 radical (unpaired) electrons. The maximum Gasteiger partial charge on any atom is 0.338 e. The van der Waals surface area contributed by atoms with Crippen LogP contribution in [0.15, 0.2) is 30.9 Å². The summed E-state index contributed by atoms with van der Waals surface area (Å²) >= 11 is 0. The number of carbonyl (C=O) groups is 1. The normalized spacial score (nSPS) is 9.73. The van der Waals surface area contributed by atoms with E-state index in [0.717, 1.165) is 0 Å². The van der Waals surface area contributed by atoms with Crippen LogP contribution in [-0.2, 0) is 11.2 Å². The number of halogens is 1. The molecular weight excluding hydrogens is 195 g/mol. The van der Waals surface area contributed by atoms with Crippen LogP contribution in [0.3, 0.4) is 0 Å². The van der Waals surface area contributed by atoms with Crippen molar-refractivity contribution < 1.29 is 13.9 Å². The van der Waals surface area contributed by atoms with Crippen LogP contribution in [-0.4, -0.2) is 12.6 Å². The largest absolute Gasteiger partial charge is 0.462 e. The van der Waals surface area contributed by atoms with Gasteiger partial charge in [0.25, 0.3) is 0 Å². The number of allylic oxidation sites excluding steroid dienone is 1. The van der Waals surface area contributed by atoms with Crippen molar-refractivity contribution in [3.8, 4) is 0 Å². The summed E-state index contributed by atoms with van der Waals surface area (Å²) in [5, 5.41) is 0. The first-order valence-electron chi connectivity index (χ1n) is 4.75. The Labute approximate surface area is 88.4 Å². The Bertz CT molecular complexity index is 372. The molecule has 0 heterocycles. The molecule has 0 aliphatic carbocycles. The highest BCUT2D eigenvalue weighted by molar-refractivity contribution is 5.89. The number of rotatable bonds is 4. The van der Waals surface area contributed by atoms with Crippen molar-refractivity contribution >= 4 is 5.97 Å². The second-order valence-electron chi connectivity index (χ2n) is 3.02. The van der Waals surface area contributed by atoms with Crippen LogP contribution in [0.5, 0.6) is 0 Å². The predicted octanol–water partition coefficient (Wildman–Crippen LogP) is 2.73. The maximum absolute atomic E-state index is 13.4. The van der Waals surface area contributed by atoms with Crippen molar-refractivity contribution in [3.63, 3.8) is 0 Å². The topological polar surface area (TPSA) is 26.3 Å². The summed E-state index contributed by atoms with van der Waals surface area (Å²) in [5.41, 5.74) is 0.764. The zero-order chi connectivity index (χ0) is 11.3. The van der Waals surface area contributed by atoms with E-state index < -0.39 is 11.8 Å². The van der Waals surface area contributed by atoms with Gasteiger partial charge in [0.2, 0.25) is 0 Å². The van der Waals surface area contributed by atoms with E-state index in [1.165, 1.54) is 6.07 Å². The molecule has 0 spiro atoms. The average Bonchev–Trinajstić information content (AvgIpc) is 2.21. The third-order valence-corrected chi connectivity index (χ3v) is 1.93. The fraction of sp³-hybridized carbons (Fsp3) is 0.250. The summed E-state index contributed by atoms with van der Waals surface area (Å²) in [6, 6.07) is 4.32. The first kappa shape index (κ1) is 11.4. The van der Waals surface area contributed by atoms with Crippen LogP contribution < -0.4 is 0 Å². The van der Waals surface area contributed by atoms with E-state index in [0.29, 0.717) is 12.0 Å². The molecule has 80 valence electrons. The minimum absolute atomic E-state index is 0.238. The second kappa shape index (κ2) is 5.29. The first-order chi connectivity index (χ1) is 7.19. The summed E-state index contributed by atoms with van der Waals surface area (Å²) < 4.78 is 18.1. The number of hydrogen-bond acceptors (Lipinski definition) is 2. The van der Waals surface area contributed by atoms with E-state index >= 15 is 0 Å². The first-order valence-corrected chi connectivity index (χ1v) is 4.75. The van der Waals surface area contributed by atoms with Gasteiger partial charge in [0.05, 0.1) is 12.2 Å². The van der Waals surface area contributed by atoms with Gasteiger partial charge >= 0.3 is 5.97 Å². The molecule has 1 rings (SSSR count). The maximum atomic E-state index is 13.4. The van der Waals surface area contributed by atoms with E-state index in [1.807, 2.05) is 0 Å². The van der Waals surface area contributed by atoms with Gasteiger partial charge in [-0.05, 0) is 31.0 Å². The minimum atomic E-state index is -0.499. The molecule has 1 aromatic carbocycles. The van der Waals surface area contributed by atoms with Crippen molar-refractivity contribution in [1.82, 2.24) is 0 Å². The van der Waals surface area contributed by atoms with Gasteiger partial charge in [-0.25, -0.2) is 9.18 Å². The summed E-state index contributed by atoms with van der Waals surface area (Å²) in [7, 11) is 0. The second-order valence-corrected chi connectivity index (χ2v) is 3.02. The van der Waals surface area contributed by atoms with Crippen LogP contribution in [0, 0.1) is 5.82 Å². The summed E-state index contributed by atoms with van der Waals surface area (Å²) in [4.78, 5) is 11.3. The molecule has 0 atom stereocenters. The molecule has 1 aromatic rings. The van der Waals surface area contributed by atoms with Gasteiger partial charge in [-0.1, -0.05) is 12.1 Å². The highest BCUT2D eigenvalue weighted by atomic mass is 19.1. The van der Waals surface area contributed by atoms with Crippen molar-refractivity contribution in [3.05, 3.63) is 47.8 Å². The van der Waals surface area contributed by atoms with Gasteiger partial charge < -0.3 is 4.74 Å². The lowest BCUT2D eigenvalue weighted by Gasteiger charge is -2.04. The standard InChI is InChI=1S/C12H13FO2/c1-3-5-9-6-7-10(8-11(9)13)12(14)15-4-2/h3,6-8H,1,4-5H2,2H3. The Hall–Kier alpha value is -1.64. The van der Waals surface area contributed by atoms with Gasteiger partial charge in [0.1, 0.15) is 5.82 Å². The van der Waals surface area contributed by atoms with Crippen LogP contribution in [0.1, 0.15) is 22.8 Å². The van der Waals surface area contributed by atoms with Crippen molar-refractivity contribution in [2.24, 2.45) is 0 Å². The molecule has 15 heavy (non-hydrogen) atoms. The Balaban J connectivity index is 2.90. The predicted molar refractivity (Wildman–Crippen MR) is 56.3 cm³/mol. The van der Waals surface area contributed by atoms with Gasteiger partial charge in [-0.3, -0.25) is 0 Å². The van der Waals surface area contributed by atoms with E-state index in [1.54, 1.807) is 25.1 Å².